The van der Waals surface area contributed by atoms with Crippen LogP contribution in [0, 0.1) is 12.7 Å². The molecule has 127 valence electrons. The minimum Gasteiger partial charge on any atom is -0.379 e. The number of hydrogen-bond donors (Lipinski definition) is 0. The summed E-state index contributed by atoms with van der Waals surface area (Å²) in [6, 6.07) is 7.78. The largest absolute Gasteiger partial charge is 0.379 e. The van der Waals surface area contributed by atoms with Crippen molar-refractivity contribution >= 4 is 0 Å². The summed E-state index contributed by atoms with van der Waals surface area (Å²) < 4.78 is 18.5. The zero-order valence-corrected chi connectivity index (χ0v) is 13.9. The second-order valence-electron chi connectivity index (χ2n) is 6.69. The van der Waals surface area contributed by atoms with Gasteiger partial charge in [-0.3, -0.25) is 9.80 Å². The molecule has 2 atom stereocenters. The Hall–Kier alpha value is -0.970. The van der Waals surface area contributed by atoms with Crippen molar-refractivity contribution in [3.05, 3.63) is 42.6 Å². The van der Waals surface area contributed by atoms with Gasteiger partial charge in [-0.2, -0.15) is 0 Å². The third-order valence-corrected chi connectivity index (χ3v) is 5.22. The number of halogens is 1. The molecule has 1 aromatic rings. The highest BCUT2D eigenvalue weighted by Gasteiger charge is 2.31. The van der Waals surface area contributed by atoms with Gasteiger partial charge in [0.2, 0.25) is 0 Å². The van der Waals surface area contributed by atoms with Crippen LogP contribution in [-0.4, -0.2) is 61.3 Å². The summed E-state index contributed by atoms with van der Waals surface area (Å²) in [5.41, 5.74) is 1.21. The Bertz CT molecular complexity index is 473. The van der Waals surface area contributed by atoms with E-state index in [2.05, 4.69) is 16.7 Å². The molecule has 2 saturated heterocycles. The maximum absolute atomic E-state index is 13.0. The van der Waals surface area contributed by atoms with Crippen LogP contribution in [0.3, 0.4) is 0 Å². The number of morpholine rings is 1. The first kappa shape index (κ1) is 16.9. The van der Waals surface area contributed by atoms with E-state index in [9.17, 15) is 4.39 Å². The Labute approximate surface area is 139 Å². The summed E-state index contributed by atoms with van der Waals surface area (Å²) in [6.07, 6.45) is 4.78. The van der Waals surface area contributed by atoms with E-state index >= 15 is 0 Å². The highest BCUT2D eigenvalue weighted by molar-refractivity contribution is 5.16. The molecule has 2 aliphatic heterocycles. The third-order valence-electron chi connectivity index (χ3n) is 5.22. The SMILES string of the molecule is [CH2]C(C1CCCCN1CCc1ccc(F)cc1)N1CCOCC1. The lowest BCUT2D eigenvalue weighted by Gasteiger charge is -2.44. The molecular weight excluding hydrogens is 291 g/mol. The molecule has 23 heavy (non-hydrogen) atoms. The molecule has 2 heterocycles. The molecule has 2 aliphatic rings. The third kappa shape index (κ3) is 4.52. The van der Waals surface area contributed by atoms with E-state index in [0.29, 0.717) is 12.1 Å². The molecule has 1 radical (unpaired) electrons. The van der Waals surface area contributed by atoms with Crippen LogP contribution in [0.4, 0.5) is 4.39 Å². The van der Waals surface area contributed by atoms with Gasteiger partial charge in [0.1, 0.15) is 5.82 Å². The summed E-state index contributed by atoms with van der Waals surface area (Å²) in [7, 11) is 0. The summed E-state index contributed by atoms with van der Waals surface area (Å²) in [5, 5.41) is 0. The topological polar surface area (TPSA) is 15.7 Å². The van der Waals surface area contributed by atoms with Crippen LogP contribution in [0.2, 0.25) is 0 Å². The highest BCUT2D eigenvalue weighted by atomic mass is 19.1. The van der Waals surface area contributed by atoms with Gasteiger partial charge in [-0.1, -0.05) is 18.6 Å². The molecule has 2 unspecified atom stereocenters. The average Bonchev–Trinajstić information content (AvgIpc) is 2.62. The first-order valence-corrected chi connectivity index (χ1v) is 8.87. The Morgan fingerprint density at radius 3 is 2.61 bits per heavy atom. The number of nitrogens with zero attached hydrogens (tertiary/aromatic N) is 2. The predicted octanol–water partition coefficient (Wildman–Crippen LogP) is 2.76. The van der Waals surface area contributed by atoms with E-state index in [1.165, 1.54) is 24.8 Å². The van der Waals surface area contributed by atoms with Gasteiger partial charge >= 0.3 is 0 Å². The van der Waals surface area contributed by atoms with Crippen LogP contribution in [0.25, 0.3) is 0 Å². The number of benzene rings is 1. The van der Waals surface area contributed by atoms with Crippen LogP contribution in [0.1, 0.15) is 24.8 Å². The van der Waals surface area contributed by atoms with Gasteiger partial charge < -0.3 is 4.74 Å². The van der Waals surface area contributed by atoms with Crippen molar-refractivity contribution in [3.63, 3.8) is 0 Å². The van der Waals surface area contributed by atoms with E-state index in [-0.39, 0.29) is 5.82 Å². The molecule has 1 aromatic carbocycles. The van der Waals surface area contributed by atoms with Gasteiger partial charge in [-0.25, -0.2) is 4.39 Å². The molecule has 3 rings (SSSR count). The summed E-state index contributed by atoms with van der Waals surface area (Å²) in [6.45, 7) is 10.3. The normalized spacial score (nSPS) is 25.4. The molecular formula is C19H28FN2O. The maximum atomic E-state index is 13.0. The number of likely N-dealkylation sites (tertiary alicyclic amines) is 1. The zero-order chi connectivity index (χ0) is 16.1. The van der Waals surface area contributed by atoms with Crippen LogP contribution in [0.15, 0.2) is 24.3 Å². The van der Waals surface area contributed by atoms with Gasteiger partial charge in [-0.15, -0.1) is 0 Å². The average molecular weight is 319 g/mol. The molecule has 0 aromatic heterocycles. The molecule has 0 N–H and O–H groups in total. The van der Waals surface area contributed by atoms with Gasteiger partial charge in [0.25, 0.3) is 0 Å². The van der Waals surface area contributed by atoms with Gasteiger partial charge in [0.05, 0.1) is 13.2 Å². The van der Waals surface area contributed by atoms with E-state index in [0.717, 1.165) is 45.8 Å². The Morgan fingerprint density at radius 1 is 1.13 bits per heavy atom. The lowest BCUT2D eigenvalue weighted by Crippen LogP contribution is -2.55. The van der Waals surface area contributed by atoms with E-state index in [4.69, 9.17) is 4.74 Å². The first-order valence-electron chi connectivity index (χ1n) is 8.87. The predicted molar refractivity (Wildman–Crippen MR) is 90.9 cm³/mol. The van der Waals surface area contributed by atoms with Crippen molar-refractivity contribution in [2.75, 3.05) is 39.4 Å². The molecule has 0 spiro atoms. The fourth-order valence-corrected chi connectivity index (χ4v) is 3.81. The lowest BCUT2D eigenvalue weighted by molar-refractivity contribution is -0.00414. The van der Waals surface area contributed by atoms with Crippen LogP contribution >= 0.6 is 0 Å². The van der Waals surface area contributed by atoms with E-state index in [1.807, 2.05) is 12.1 Å². The molecule has 0 amide bonds. The highest BCUT2D eigenvalue weighted by Crippen LogP contribution is 2.23. The van der Waals surface area contributed by atoms with Gasteiger partial charge in [0, 0.05) is 31.7 Å². The first-order chi connectivity index (χ1) is 11.2. The van der Waals surface area contributed by atoms with Crippen molar-refractivity contribution in [2.45, 2.75) is 37.8 Å². The Balaban J connectivity index is 1.58. The monoisotopic (exact) mass is 319 g/mol. The van der Waals surface area contributed by atoms with E-state index in [1.54, 1.807) is 12.1 Å². The molecule has 0 aliphatic carbocycles. The van der Waals surface area contributed by atoms with Crippen molar-refractivity contribution < 1.29 is 9.13 Å². The molecule has 2 fully saturated rings. The fraction of sp³-hybridized carbons (Fsp3) is 0.632. The fourth-order valence-electron chi connectivity index (χ4n) is 3.81. The quantitative estimate of drug-likeness (QED) is 0.830. The van der Waals surface area contributed by atoms with Gasteiger partial charge in [0.15, 0.2) is 0 Å². The van der Waals surface area contributed by atoms with Crippen molar-refractivity contribution in [1.82, 2.24) is 9.80 Å². The second kappa shape index (κ2) is 8.22. The van der Waals surface area contributed by atoms with E-state index < -0.39 is 0 Å². The van der Waals surface area contributed by atoms with Gasteiger partial charge in [-0.05, 0) is 50.4 Å². The van der Waals surface area contributed by atoms with Crippen LogP contribution in [0.5, 0.6) is 0 Å². The molecule has 0 saturated carbocycles. The van der Waals surface area contributed by atoms with Crippen molar-refractivity contribution in [2.24, 2.45) is 0 Å². The second-order valence-corrected chi connectivity index (χ2v) is 6.69. The van der Waals surface area contributed by atoms with Crippen LogP contribution < -0.4 is 0 Å². The molecule has 0 bridgehead atoms. The Kier molecular flexibility index (Phi) is 6.03. The number of piperidine rings is 1. The number of rotatable bonds is 5. The molecule has 3 nitrogen and oxygen atoms in total. The number of ether oxygens (including phenoxy) is 1. The van der Waals surface area contributed by atoms with Crippen molar-refractivity contribution in [1.29, 1.82) is 0 Å². The minimum atomic E-state index is -0.158. The number of hydrogen-bond acceptors (Lipinski definition) is 3. The summed E-state index contributed by atoms with van der Waals surface area (Å²) in [4.78, 5) is 5.07. The van der Waals surface area contributed by atoms with Crippen LogP contribution in [-0.2, 0) is 11.2 Å². The standard InChI is InChI=1S/C19H28FN2O/c1-16(21-12-14-23-15-13-21)19-4-2-3-10-22(19)11-9-17-5-7-18(20)8-6-17/h5-8,16,19H,1-4,9-15H2. The lowest BCUT2D eigenvalue weighted by atomic mass is 9.94. The zero-order valence-electron chi connectivity index (χ0n) is 13.9. The Morgan fingerprint density at radius 2 is 1.87 bits per heavy atom. The molecule has 4 heteroatoms. The van der Waals surface area contributed by atoms with Crippen molar-refractivity contribution in [3.8, 4) is 0 Å². The minimum absolute atomic E-state index is 0.158. The maximum Gasteiger partial charge on any atom is 0.123 e. The summed E-state index contributed by atoms with van der Waals surface area (Å²) >= 11 is 0. The smallest absolute Gasteiger partial charge is 0.123 e. The summed E-state index contributed by atoms with van der Waals surface area (Å²) in [5.74, 6) is -0.158.